The summed E-state index contributed by atoms with van der Waals surface area (Å²) in [4.78, 5) is 10.7. The van der Waals surface area contributed by atoms with Gasteiger partial charge in [0.05, 0.1) is 12.7 Å². The van der Waals surface area contributed by atoms with Crippen molar-refractivity contribution in [3.63, 3.8) is 0 Å². The van der Waals surface area contributed by atoms with Gasteiger partial charge in [-0.3, -0.25) is 0 Å². The van der Waals surface area contributed by atoms with Crippen LogP contribution in [0.3, 0.4) is 0 Å². The van der Waals surface area contributed by atoms with Crippen LogP contribution in [0.25, 0.3) is 0 Å². The van der Waals surface area contributed by atoms with E-state index in [1.807, 2.05) is 5.92 Å². The molecule has 0 heterocycles. The molecule has 0 spiro atoms. The Morgan fingerprint density at radius 3 is 2.67 bits per heavy atom. The Labute approximate surface area is 85.9 Å². The largest absolute Gasteiger partial charge is 0.459 e. The molecule has 0 saturated carbocycles. The standard InChI is InChI=1S/C11H8F2O2/c1-7-3-5-9(12)8(11(7)13)4-6-10(14)15-2/h3,5H,1-2H3. The van der Waals surface area contributed by atoms with Crippen LogP contribution in [0.4, 0.5) is 8.78 Å². The smallest absolute Gasteiger partial charge is 0.384 e. The lowest BCUT2D eigenvalue weighted by molar-refractivity contribution is -0.133. The molecule has 0 amide bonds. The second-order valence-corrected chi connectivity index (χ2v) is 2.79. The summed E-state index contributed by atoms with van der Waals surface area (Å²) in [6, 6.07) is 2.40. The summed E-state index contributed by atoms with van der Waals surface area (Å²) in [5.41, 5.74) is -0.147. The van der Waals surface area contributed by atoms with Gasteiger partial charge in [0.1, 0.15) is 11.6 Å². The van der Waals surface area contributed by atoms with E-state index in [0.717, 1.165) is 13.2 Å². The van der Waals surface area contributed by atoms with Crippen LogP contribution in [-0.2, 0) is 9.53 Å². The number of esters is 1. The minimum atomic E-state index is -0.838. The molecule has 78 valence electrons. The fourth-order valence-corrected chi connectivity index (χ4v) is 0.936. The molecule has 4 heteroatoms. The van der Waals surface area contributed by atoms with Gasteiger partial charge in [-0.05, 0) is 24.5 Å². The second kappa shape index (κ2) is 4.56. The highest BCUT2D eigenvalue weighted by molar-refractivity contribution is 5.89. The zero-order valence-electron chi connectivity index (χ0n) is 8.23. The van der Waals surface area contributed by atoms with Crippen LogP contribution < -0.4 is 0 Å². The van der Waals surface area contributed by atoms with Crippen molar-refractivity contribution < 1.29 is 18.3 Å². The Morgan fingerprint density at radius 2 is 2.07 bits per heavy atom. The first-order valence-electron chi connectivity index (χ1n) is 4.11. The number of halogens is 2. The molecule has 1 aromatic carbocycles. The van der Waals surface area contributed by atoms with Crippen molar-refractivity contribution in [3.8, 4) is 11.8 Å². The second-order valence-electron chi connectivity index (χ2n) is 2.79. The average molecular weight is 210 g/mol. The zero-order valence-corrected chi connectivity index (χ0v) is 8.23. The summed E-state index contributed by atoms with van der Waals surface area (Å²) < 4.78 is 30.6. The summed E-state index contributed by atoms with van der Waals surface area (Å²) in [6.45, 7) is 1.48. The number of ether oxygens (including phenoxy) is 1. The molecule has 0 bridgehead atoms. The van der Waals surface area contributed by atoms with Gasteiger partial charge in [-0.25, -0.2) is 13.6 Å². The SMILES string of the molecule is COC(=O)C#Cc1c(F)ccc(C)c1F. The van der Waals surface area contributed by atoms with Gasteiger partial charge in [0, 0.05) is 5.92 Å². The molecule has 2 nitrogen and oxygen atoms in total. The Balaban J connectivity index is 3.18. The van der Waals surface area contributed by atoms with Crippen molar-refractivity contribution >= 4 is 5.97 Å². The summed E-state index contributed by atoms with van der Waals surface area (Å²) in [5, 5.41) is 0. The molecule has 0 aliphatic carbocycles. The molecule has 0 aromatic heterocycles. The topological polar surface area (TPSA) is 26.3 Å². The van der Waals surface area contributed by atoms with Gasteiger partial charge in [-0.2, -0.15) is 0 Å². The number of aryl methyl sites for hydroxylation is 1. The lowest BCUT2D eigenvalue weighted by atomic mass is 10.1. The maximum atomic E-state index is 13.3. The van der Waals surface area contributed by atoms with E-state index in [2.05, 4.69) is 10.7 Å². The Morgan fingerprint density at radius 1 is 1.40 bits per heavy atom. The van der Waals surface area contributed by atoms with Crippen molar-refractivity contribution in [2.75, 3.05) is 7.11 Å². The van der Waals surface area contributed by atoms with E-state index >= 15 is 0 Å². The number of hydrogen-bond acceptors (Lipinski definition) is 2. The normalized spacial score (nSPS) is 9.07. The highest BCUT2D eigenvalue weighted by atomic mass is 19.1. The van der Waals surface area contributed by atoms with Crippen LogP contribution in [0.2, 0.25) is 0 Å². The number of methoxy groups -OCH3 is 1. The highest BCUT2D eigenvalue weighted by Crippen LogP contribution is 2.14. The Hall–Kier alpha value is -1.89. The van der Waals surface area contributed by atoms with Crippen LogP contribution in [0.1, 0.15) is 11.1 Å². The quantitative estimate of drug-likeness (QED) is 0.482. The lowest BCUT2D eigenvalue weighted by Gasteiger charge is -1.99. The molecular formula is C11H8F2O2. The van der Waals surface area contributed by atoms with E-state index in [0.29, 0.717) is 0 Å². The molecular weight excluding hydrogens is 202 g/mol. The first-order chi connectivity index (χ1) is 7.06. The van der Waals surface area contributed by atoms with Gasteiger partial charge in [-0.1, -0.05) is 6.07 Å². The number of hydrogen-bond donors (Lipinski definition) is 0. The molecule has 0 saturated heterocycles. The first-order valence-corrected chi connectivity index (χ1v) is 4.11. The summed E-state index contributed by atoms with van der Waals surface area (Å²) in [5.74, 6) is 1.67. The Bertz CT molecular complexity index is 456. The molecule has 0 N–H and O–H groups in total. The van der Waals surface area contributed by atoms with Gasteiger partial charge in [0.15, 0.2) is 0 Å². The van der Waals surface area contributed by atoms with Crippen molar-refractivity contribution in [2.24, 2.45) is 0 Å². The minimum absolute atomic E-state index is 0.269. The number of benzene rings is 1. The van der Waals surface area contributed by atoms with E-state index in [-0.39, 0.29) is 5.56 Å². The maximum absolute atomic E-state index is 13.3. The van der Waals surface area contributed by atoms with E-state index in [4.69, 9.17) is 0 Å². The molecule has 0 atom stereocenters. The molecule has 0 aliphatic rings. The van der Waals surface area contributed by atoms with Gasteiger partial charge < -0.3 is 4.74 Å². The van der Waals surface area contributed by atoms with Gasteiger partial charge in [0.25, 0.3) is 0 Å². The number of carbonyl (C=O) groups is 1. The molecule has 0 radical (unpaired) electrons. The molecule has 0 unspecified atom stereocenters. The lowest BCUT2D eigenvalue weighted by Crippen LogP contribution is -1.97. The third kappa shape index (κ3) is 2.53. The van der Waals surface area contributed by atoms with Crippen LogP contribution >= 0.6 is 0 Å². The predicted octanol–water partition coefficient (Wildman–Crippen LogP) is 1.80. The molecule has 1 rings (SSSR count). The number of carbonyl (C=O) groups excluding carboxylic acids is 1. The fraction of sp³-hybridized carbons (Fsp3) is 0.182. The third-order valence-corrected chi connectivity index (χ3v) is 1.76. The Kier molecular flexibility index (Phi) is 3.40. The third-order valence-electron chi connectivity index (χ3n) is 1.76. The molecule has 15 heavy (non-hydrogen) atoms. The summed E-state index contributed by atoms with van der Waals surface area (Å²) in [7, 11) is 1.14. The van der Waals surface area contributed by atoms with Crippen molar-refractivity contribution in [1.29, 1.82) is 0 Å². The minimum Gasteiger partial charge on any atom is -0.459 e. The van der Waals surface area contributed by atoms with Crippen LogP contribution in [0.15, 0.2) is 12.1 Å². The van der Waals surface area contributed by atoms with Crippen molar-refractivity contribution in [3.05, 3.63) is 34.9 Å². The van der Waals surface area contributed by atoms with Crippen molar-refractivity contribution in [1.82, 2.24) is 0 Å². The summed E-state index contributed by atoms with van der Waals surface area (Å²) >= 11 is 0. The summed E-state index contributed by atoms with van der Waals surface area (Å²) in [6.07, 6.45) is 0. The molecule has 0 aliphatic heterocycles. The maximum Gasteiger partial charge on any atom is 0.384 e. The van der Waals surface area contributed by atoms with Gasteiger partial charge >= 0.3 is 5.97 Å². The van der Waals surface area contributed by atoms with Crippen LogP contribution in [0.5, 0.6) is 0 Å². The van der Waals surface area contributed by atoms with Gasteiger partial charge in [0.2, 0.25) is 0 Å². The van der Waals surface area contributed by atoms with E-state index < -0.39 is 23.2 Å². The zero-order chi connectivity index (χ0) is 11.4. The first kappa shape index (κ1) is 11.2. The monoisotopic (exact) mass is 210 g/mol. The molecule has 1 aromatic rings. The van der Waals surface area contributed by atoms with Crippen molar-refractivity contribution in [2.45, 2.75) is 6.92 Å². The van der Waals surface area contributed by atoms with Gasteiger partial charge in [-0.15, -0.1) is 0 Å². The van der Waals surface area contributed by atoms with E-state index in [1.165, 1.54) is 13.0 Å². The van der Waals surface area contributed by atoms with E-state index in [9.17, 15) is 13.6 Å². The van der Waals surface area contributed by atoms with Crippen LogP contribution in [-0.4, -0.2) is 13.1 Å². The average Bonchev–Trinajstić information content (AvgIpc) is 2.23. The predicted molar refractivity (Wildman–Crippen MR) is 50.0 cm³/mol. The van der Waals surface area contributed by atoms with Crippen LogP contribution in [0, 0.1) is 30.4 Å². The molecule has 0 fully saturated rings. The highest BCUT2D eigenvalue weighted by Gasteiger charge is 2.08. The van der Waals surface area contributed by atoms with E-state index in [1.54, 1.807) is 0 Å². The number of rotatable bonds is 0. The fourth-order valence-electron chi connectivity index (χ4n) is 0.936.